The van der Waals surface area contributed by atoms with Crippen LogP contribution in [0.25, 0.3) is 0 Å². The number of ketones is 1. The third-order valence-corrected chi connectivity index (χ3v) is 9.09. The lowest BCUT2D eigenvalue weighted by atomic mass is 9.67. The van der Waals surface area contributed by atoms with Gasteiger partial charge in [-0.15, -0.1) is 11.8 Å². The minimum atomic E-state index is -0.555. The number of rotatable bonds is 12. The van der Waals surface area contributed by atoms with E-state index in [1.54, 1.807) is 31.4 Å². The van der Waals surface area contributed by atoms with Crippen molar-refractivity contribution >= 4 is 41.1 Å². The van der Waals surface area contributed by atoms with Crippen LogP contribution in [-0.2, 0) is 28.6 Å². The number of amides is 4. The Kier molecular flexibility index (Phi) is 9.94. The number of anilines is 1. The van der Waals surface area contributed by atoms with Crippen molar-refractivity contribution in [3.63, 3.8) is 0 Å². The first-order chi connectivity index (χ1) is 19.5. The van der Waals surface area contributed by atoms with Gasteiger partial charge in [-0.3, -0.25) is 14.9 Å². The van der Waals surface area contributed by atoms with Gasteiger partial charge in [0.25, 0.3) is 0 Å². The Morgan fingerprint density at radius 3 is 2.41 bits per heavy atom. The van der Waals surface area contributed by atoms with Gasteiger partial charge in [0.1, 0.15) is 11.4 Å². The number of imide groups is 1. The number of ether oxygens (including phenoxy) is 3. The van der Waals surface area contributed by atoms with Gasteiger partial charge in [0.2, 0.25) is 11.8 Å². The number of Topliss-reactive ketones (excluding diaryl/α,β-unsaturated/α-hetero) is 1. The number of carbonyl (C=O) groups excluding carboxylic acids is 4. The summed E-state index contributed by atoms with van der Waals surface area (Å²) in [6.07, 6.45) is 4.57. The fraction of sp³-hybridized carbons (Fsp3) is 0.600. The van der Waals surface area contributed by atoms with Crippen LogP contribution >= 0.6 is 11.8 Å². The molecule has 3 aliphatic rings. The quantitative estimate of drug-likeness (QED) is 0.190. The van der Waals surface area contributed by atoms with E-state index in [1.165, 1.54) is 24.3 Å². The third-order valence-electron chi connectivity index (χ3n) is 8.08. The Balaban J connectivity index is 1.25. The average Bonchev–Trinajstić information content (AvgIpc) is 3.83. The summed E-state index contributed by atoms with van der Waals surface area (Å²) in [5, 5.41) is 8.13. The Labute approximate surface area is 245 Å². The molecule has 1 unspecified atom stereocenters. The highest BCUT2D eigenvalue weighted by atomic mass is 32.2. The van der Waals surface area contributed by atoms with E-state index >= 15 is 0 Å². The summed E-state index contributed by atoms with van der Waals surface area (Å²) >= 11 is 1.28. The molecule has 3 N–H and O–H groups in total. The van der Waals surface area contributed by atoms with Crippen LogP contribution in [0.3, 0.4) is 0 Å². The van der Waals surface area contributed by atoms with E-state index in [0.717, 1.165) is 17.7 Å². The summed E-state index contributed by atoms with van der Waals surface area (Å²) in [7, 11) is 1.65. The number of allylic oxidation sites excluding steroid dienone is 1. The van der Waals surface area contributed by atoms with E-state index in [2.05, 4.69) is 42.8 Å². The third kappa shape index (κ3) is 7.97. The first-order valence-electron chi connectivity index (χ1n) is 14.1. The van der Waals surface area contributed by atoms with Crippen LogP contribution in [0.4, 0.5) is 10.5 Å². The van der Waals surface area contributed by atoms with Crippen molar-refractivity contribution < 1.29 is 33.4 Å². The zero-order valence-corrected chi connectivity index (χ0v) is 25.2. The number of carbonyl (C=O) groups is 4. The molecule has 3 fully saturated rings. The lowest BCUT2D eigenvalue weighted by Gasteiger charge is -2.43. The topological polar surface area (TPSA) is 139 Å². The Morgan fingerprint density at radius 2 is 1.80 bits per heavy atom. The van der Waals surface area contributed by atoms with Crippen LogP contribution in [-0.4, -0.2) is 72.6 Å². The first kappa shape index (κ1) is 31.2. The zero-order valence-electron chi connectivity index (χ0n) is 24.4. The molecule has 0 bridgehead atoms. The molecule has 41 heavy (non-hydrogen) atoms. The molecule has 1 saturated carbocycles. The monoisotopic (exact) mass is 587 g/mol. The molecule has 10 nitrogen and oxygen atoms in total. The molecule has 4 amide bonds. The van der Waals surface area contributed by atoms with Crippen molar-refractivity contribution in [3.05, 3.63) is 35.9 Å². The Morgan fingerprint density at radius 1 is 1.10 bits per heavy atom. The largest absolute Gasteiger partial charge is 0.379 e. The van der Waals surface area contributed by atoms with Gasteiger partial charge in [-0.2, -0.15) is 0 Å². The van der Waals surface area contributed by atoms with Gasteiger partial charge in [-0.1, -0.05) is 11.6 Å². The van der Waals surface area contributed by atoms with E-state index in [4.69, 9.17) is 14.2 Å². The van der Waals surface area contributed by atoms with Crippen LogP contribution < -0.4 is 16.0 Å². The van der Waals surface area contributed by atoms with Crippen LogP contribution in [0.1, 0.15) is 59.8 Å². The molecule has 0 radical (unpaired) electrons. The normalized spacial score (nSPS) is 29.8. The van der Waals surface area contributed by atoms with Gasteiger partial charge in [0.15, 0.2) is 0 Å². The van der Waals surface area contributed by atoms with Crippen molar-refractivity contribution in [3.8, 4) is 0 Å². The maximum Gasteiger partial charge on any atom is 0.321 e. The second-order valence-corrected chi connectivity index (χ2v) is 12.6. The molecule has 1 aromatic carbocycles. The highest BCUT2D eigenvalue weighted by Crippen LogP contribution is 2.59. The van der Waals surface area contributed by atoms with Gasteiger partial charge in [-0.25, -0.2) is 4.79 Å². The molecule has 224 valence electrons. The van der Waals surface area contributed by atoms with Gasteiger partial charge >= 0.3 is 6.03 Å². The molecule has 2 saturated heterocycles. The summed E-state index contributed by atoms with van der Waals surface area (Å²) in [5.74, 6) is -0.673. The number of benzene rings is 1. The van der Waals surface area contributed by atoms with Crippen molar-refractivity contribution in [1.82, 2.24) is 10.6 Å². The van der Waals surface area contributed by atoms with Gasteiger partial charge in [-0.05, 0) is 71.2 Å². The molecule has 1 aliphatic carbocycles. The molecule has 2 heterocycles. The molecule has 6 atom stereocenters. The number of thioether (sulfide) groups is 1. The van der Waals surface area contributed by atoms with Crippen molar-refractivity contribution in [2.45, 2.75) is 94.1 Å². The van der Waals surface area contributed by atoms with Crippen LogP contribution in [0.2, 0.25) is 0 Å². The number of hydrogen-bond donors (Lipinski definition) is 3. The molecular formula is C30H41N3O7S. The molecule has 4 rings (SSSR count). The minimum absolute atomic E-state index is 0.0346. The summed E-state index contributed by atoms with van der Waals surface area (Å²) < 4.78 is 18.1. The maximum atomic E-state index is 12.8. The van der Waals surface area contributed by atoms with Crippen LogP contribution in [0.15, 0.2) is 40.8 Å². The minimum Gasteiger partial charge on any atom is -0.379 e. The number of urea groups is 1. The lowest BCUT2D eigenvalue weighted by Crippen LogP contribution is -2.60. The summed E-state index contributed by atoms with van der Waals surface area (Å²) in [5.41, 5.74) is 1.16. The van der Waals surface area contributed by atoms with E-state index in [9.17, 15) is 19.2 Å². The number of hydrogen-bond acceptors (Lipinski definition) is 8. The fourth-order valence-electron chi connectivity index (χ4n) is 5.81. The SMILES string of the molecule is CO[C@H]1[C@H](C2(C)O[C@@H]2CC=C(C)C)[C@]2(CC[C@H]1NC(=O)NC(=O)CSc1ccc(NC(=O)CCC(C)=O)cc1)CO2. The number of methoxy groups -OCH3 is 1. The van der Waals surface area contributed by atoms with E-state index in [0.29, 0.717) is 18.7 Å². The molecule has 1 spiro atoms. The van der Waals surface area contributed by atoms with Gasteiger partial charge in [0.05, 0.1) is 36.2 Å². The Hall–Kier alpha value is -2.73. The van der Waals surface area contributed by atoms with E-state index in [1.807, 2.05) is 0 Å². The highest BCUT2D eigenvalue weighted by molar-refractivity contribution is 8.00. The first-order valence-corrected chi connectivity index (χ1v) is 15.0. The van der Waals surface area contributed by atoms with E-state index < -0.39 is 17.5 Å². The molecule has 2 aliphatic heterocycles. The number of nitrogens with one attached hydrogen (secondary N) is 3. The van der Waals surface area contributed by atoms with Crippen LogP contribution in [0.5, 0.6) is 0 Å². The van der Waals surface area contributed by atoms with Gasteiger partial charge < -0.3 is 29.6 Å². The summed E-state index contributed by atoms with van der Waals surface area (Å²) in [6.45, 7) is 8.36. The van der Waals surface area contributed by atoms with Crippen molar-refractivity contribution in [1.29, 1.82) is 0 Å². The average molecular weight is 588 g/mol. The predicted molar refractivity (Wildman–Crippen MR) is 156 cm³/mol. The van der Waals surface area contributed by atoms with Gasteiger partial charge in [0, 0.05) is 36.5 Å². The van der Waals surface area contributed by atoms with E-state index in [-0.39, 0.29) is 60.1 Å². The van der Waals surface area contributed by atoms with Crippen LogP contribution in [0, 0.1) is 5.92 Å². The standard InChI is InChI=1S/C30H41N3O7S/c1-18(2)6-12-23-29(4,40-23)27-26(38-5)22(14-15-30(27)17-39-30)32-28(37)33-25(36)16-41-21-10-8-20(9-11-21)31-24(35)13-7-19(3)34/h6,8-11,22-23,26-27H,7,12-17H2,1-5H3,(H,31,35)(H2,32,33,36,37)/t22-,23-,26-,27-,29?,30+/m1/s1. The second kappa shape index (κ2) is 13.1. The Bertz CT molecular complexity index is 1180. The molecule has 11 heteroatoms. The molecule has 1 aromatic rings. The van der Waals surface area contributed by atoms with Crippen molar-refractivity contribution in [2.24, 2.45) is 5.92 Å². The lowest BCUT2D eigenvalue weighted by molar-refractivity contribution is -0.121. The smallest absolute Gasteiger partial charge is 0.321 e. The predicted octanol–water partition coefficient (Wildman–Crippen LogP) is 3.99. The number of epoxide rings is 2. The second-order valence-electron chi connectivity index (χ2n) is 11.6. The summed E-state index contributed by atoms with van der Waals surface area (Å²) in [6, 6.07) is 6.18. The maximum absolute atomic E-state index is 12.8. The zero-order chi connectivity index (χ0) is 29.8. The highest BCUT2D eigenvalue weighted by Gasteiger charge is 2.71. The fourth-order valence-corrected chi connectivity index (χ4v) is 6.50. The van der Waals surface area contributed by atoms with Crippen molar-refractivity contribution in [2.75, 3.05) is 24.8 Å². The molecular weight excluding hydrogens is 546 g/mol. The molecule has 0 aromatic heterocycles. The summed E-state index contributed by atoms with van der Waals surface area (Å²) in [4.78, 5) is 49.0.